The highest BCUT2D eigenvalue weighted by atomic mass is 31.2. The van der Waals surface area contributed by atoms with Gasteiger partial charge >= 0.3 is 13.6 Å². The summed E-state index contributed by atoms with van der Waals surface area (Å²) in [5.41, 5.74) is 6.26. The summed E-state index contributed by atoms with van der Waals surface area (Å²) in [6.45, 7) is -0.500. The van der Waals surface area contributed by atoms with Gasteiger partial charge in [-0.1, -0.05) is 30.3 Å². The first-order chi connectivity index (χ1) is 12.8. The van der Waals surface area contributed by atoms with Crippen molar-refractivity contribution < 1.29 is 35.2 Å². The van der Waals surface area contributed by atoms with Crippen LogP contribution in [0.1, 0.15) is 32.7 Å². The molecule has 0 fully saturated rings. The number of aryl methyl sites for hydroxylation is 1. The fourth-order valence-electron chi connectivity index (χ4n) is 2.34. The summed E-state index contributed by atoms with van der Waals surface area (Å²) in [7, 11) is -4.60. The van der Waals surface area contributed by atoms with Gasteiger partial charge in [0.1, 0.15) is 0 Å². The smallest absolute Gasteiger partial charge is 0.353 e. The third-order valence-corrected chi connectivity index (χ3v) is 5.49. The first-order valence-electron chi connectivity index (χ1n) is 8.68. The van der Waals surface area contributed by atoms with Crippen LogP contribution in [0.5, 0.6) is 0 Å². The van der Waals surface area contributed by atoms with E-state index in [4.69, 9.17) is 15.4 Å². The van der Waals surface area contributed by atoms with Crippen LogP contribution in [0.4, 0.5) is 0 Å². The van der Waals surface area contributed by atoms with Crippen LogP contribution in [0, 0.1) is 0 Å². The average molecular weight is 404 g/mol. The Kier molecular flexibility index (Phi) is 10.2. The summed E-state index contributed by atoms with van der Waals surface area (Å²) >= 11 is 0. The number of carboxylic acids is 1. The minimum atomic E-state index is -4.60. The highest BCUT2D eigenvalue weighted by molar-refractivity contribution is 7.53. The summed E-state index contributed by atoms with van der Waals surface area (Å²) in [5.74, 6) is -3.55. The molecule has 1 aromatic carbocycles. The maximum absolute atomic E-state index is 12.4. The minimum absolute atomic E-state index is 0. The van der Waals surface area contributed by atoms with Crippen LogP contribution in [0.25, 0.3) is 0 Å². The fourth-order valence-corrected chi connectivity index (χ4v) is 3.56. The molecule has 0 aliphatic carbocycles. The molecule has 9 nitrogen and oxygen atoms in total. The monoisotopic (exact) mass is 404 g/mol. The zero-order valence-corrected chi connectivity index (χ0v) is 15.9. The molecule has 10 heteroatoms. The Balaban J connectivity index is 0.00000729. The lowest BCUT2D eigenvalue weighted by Gasteiger charge is -2.24. The van der Waals surface area contributed by atoms with Crippen LogP contribution in [-0.2, 0) is 25.1 Å². The maximum Gasteiger partial charge on any atom is 0.353 e. The number of rotatable bonds is 13. The van der Waals surface area contributed by atoms with E-state index in [-0.39, 0.29) is 14.3 Å². The van der Waals surface area contributed by atoms with Gasteiger partial charge in [0.05, 0.1) is 6.61 Å². The standard InChI is InChI=1S/C17H27N2O7P.H2/c18-11-5-4-8-14(17(22)23)26-27(24,25)16(12-20)19-15(21)10-9-13-6-2-1-3-7-13;/h1-3,6-7,14,16,20H,4-5,8-12,18H2,(H,19,21)(H,22,23)(H,24,25);1H. The van der Waals surface area contributed by atoms with E-state index < -0.39 is 38.0 Å². The molecule has 0 aliphatic rings. The number of amides is 1. The highest BCUT2D eigenvalue weighted by Gasteiger charge is 2.37. The number of hydrogen-bond donors (Lipinski definition) is 5. The van der Waals surface area contributed by atoms with Crippen molar-refractivity contribution in [2.45, 2.75) is 44.0 Å². The maximum atomic E-state index is 12.4. The topological polar surface area (TPSA) is 159 Å². The highest BCUT2D eigenvalue weighted by Crippen LogP contribution is 2.48. The second-order valence-corrected chi connectivity index (χ2v) is 7.99. The number of hydrogen-bond acceptors (Lipinski definition) is 6. The quantitative estimate of drug-likeness (QED) is 0.241. The van der Waals surface area contributed by atoms with Gasteiger partial charge in [0, 0.05) is 7.85 Å². The minimum Gasteiger partial charge on any atom is -0.479 e. The number of aliphatic hydroxyl groups excluding tert-OH is 1. The molecule has 0 aromatic heterocycles. The molecule has 0 bridgehead atoms. The van der Waals surface area contributed by atoms with Gasteiger partial charge in [0.25, 0.3) is 0 Å². The molecule has 1 aromatic rings. The van der Waals surface area contributed by atoms with Crippen LogP contribution in [0.3, 0.4) is 0 Å². The average Bonchev–Trinajstić information content (AvgIpc) is 2.64. The molecule has 0 spiro atoms. The second kappa shape index (κ2) is 11.8. The normalized spacial score (nSPS) is 15.5. The lowest BCUT2D eigenvalue weighted by molar-refractivity contribution is -0.145. The molecule has 0 heterocycles. The summed E-state index contributed by atoms with van der Waals surface area (Å²) in [6.07, 6.45) is -0.125. The van der Waals surface area contributed by atoms with E-state index in [2.05, 4.69) is 5.32 Å². The second-order valence-electron chi connectivity index (χ2n) is 6.03. The van der Waals surface area contributed by atoms with E-state index in [0.717, 1.165) is 5.56 Å². The molecule has 0 saturated carbocycles. The molecule has 6 N–H and O–H groups in total. The summed E-state index contributed by atoms with van der Waals surface area (Å²) in [4.78, 5) is 33.3. The SMILES string of the molecule is NCCCCC(OP(=O)(O)C(CO)NC(=O)CCc1ccccc1)C(=O)O.[HH]. The van der Waals surface area contributed by atoms with Gasteiger partial charge in [-0.3, -0.25) is 13.9 Å². The molecule has 1 amide bonds. The molecule has 0 radical (unpaired) electrons. The molecule has 1 rings (SSSR count). The third-order valence-electron chi connectivity index (χ3n) is 3.85. The number of unbranched alkanes of at least 4 members (excludes halogenated alkanes) is 1. The zero-order chi connectivity index (χ0) is 20.3. The summed E-state index contributed by atoms with van der Waals surface area (Å²) < 4.78 is 17.2. The largest absolute Gasteiger partial charge is 0.479 e. The Hall–Kier alpha value is -1.77. The Labute approximate surface area is 159 Å². The molecular weight excluding hydrogens is 375 g/mol. The Morgan fingerprint density at radius 1 is 1.26 bits per heavy atom. The van der Waals surface area contributed by atoms with Crippen molar-refractivity contribution in [1.29, 1.82) is 0 Å². The van der Waals surface area contributed by atoms with Crippen LogP contribution < -0.4 is 11.1 Å². The summed E-state index contributed by atoms with van der Waals surface area (Å²) in [5, 5.41) is 20.8. The van der Waals surface area contributed by atoms with Crippen molar-refractivity contribution in [2.75, 3.05) is 13.2 Å². The number of nitrogens with two attached hydrogens (primary N) is 1. The van der Waals surface area contributed by atoms with E-state index in [0.29, 0.717) is 25.8 Å². The molecule has 27 heavy (non-hydrogen) atoms. The third kappa shape index (κ3) is 8.64. The van der Waals surface area contributed by atoms with E-state index in [1.54, 1.807) is 0 Å². The molecule has 154 valence electrons. The van der Waals surface area contributed by atoms with Crippen molar-refractivity contribution in [3.8, 4) is 0 Å². The van der Waals surface area contributed by atoms with Crippen LogP contribution in [0.2, 0.25) is 0 Å². The van der Waals surface area contributed by atoms with E-state index >= 15 is 0 Å². The predicted octanol–water partition coefficient (Wildman–Crippen LogP) is 1.08. The van der Waals surface area contributed by atoms with E-state index in [1.165, 1.54) is 0 Å². The van der Waals surface area contributed by atoms with Gasteiger partial charge < -0.3 is 26.2 Å². The lowest BCUT2D eigenvalue weighted by atomic mass is 10.1. The molecule has 0 saturated heterocycles. The van der Waals surface area contributed by atoms with E-state index in [1.807, 2.05) is 30.3 Å². The Morgan fingerprint density at radius 3 is 2.48 bits per heavy atom. The van der Waals surface area contributed by atoms with Gasteiger partial charge in [0.15, 0.2) is 11.9 Å². The van der Waals surface area contributed by atoms with Gasteiger partial charge in [-0.15, -0.1) is 0 Å². The van der Waals surface area contributed by atoms with E-state index in [9.17, 15) is 24.2 Å². The molecule has 3 atom stereocenters. The number of benzene rings is 1. The van der Waals surface area contributed by atoms with Crippen molar-refractivity contribution in [2.24, 2.45) is 5.73 Å². The number of carboxylic acid groups (broad SMARTS) is 1. The number of nitrogens with one attached hydrogen (secondary N) is 1. The number of carbonyl (C=O) groups is 2. The Morgan fingerprint density at radius 2 is 1.93 bits per heavy atom. The van der Waals surface area contributed by atoms with Crippen molar-refractivity contribution >= 4 is 19.5 Å². The zero-order valence-electron chi connectivity index (χ0n) is 15.0. The van der Waals surface area contributed by atoms with Crippen molar-refractivity contribution in [3.63, 3.8) is 0 Å². The summed E-state index contributed by atoms with van der Waals surface area (Å²) in [6, 6.07) is 9.19. The van der Waals surface area contributed by atoms with Crippen LogP contribution >= 0.6 is 7.60 Å². The first-order valence-corrected chi connectivity index (χ1v) is 10.3. The lowest BCUT2D eigenvalue weighted by Crippen LogP contribution is -2.39. The molecule has 0 aliphatic heterocycles. The number of carbonyl (C=O) groups excluding carboxylic acids is 1. The van der Waals surface area contributed by atoms with Crippen molar-refractivity contribution in [3.05, 3.63) is 35.9 Å². The Bertz CT molecular complexity index is 648. The molecule has 3 unspecified atom stereocenters. The van der Waals surface area contributed by atoms with Gasteiger partial charge in [-0.25, -0.2) is 4.79 Å². The fraction of sp³-hybridized carbons (Fsp3) is 0.529. The first kappa shape index (κ1) is 23.3. The number of aliphatic hydroxyl groups is 1. The van der Waals surface area contributed by atoms with Gasteiger partial charge in [-0.2, -0.15) is 0 Å². The van der Waals surface area contributed by atoms with Crippen LogP contribution in [-0.4, -0.2) is 52.0 Å². The van der Waals surface area contributed by atoms with Gasteiger partial charge in [-0.05, 0) is 37.8 Å². The van der Waals surface area contributed by atoms with Crippen molar-refractivity contribution in [1.82, 2.24) is 5.32 Å². The van der Waals surface area contributed by atoms with Crippen LogP contribution in [0.15, 0.2) is 30.3 Å². The predicted molar refractivity (Wildman–Crippen MR) is 101 cm³/mol. The van der Waals surface area contributed by atoms with Gasteiger partial charge in [0.2, 0.25) is 5.91 Å². The number of aliphatic carboxylic acids is 1. The molecular formula is C17H29N2O7P.